The van der Waals surface area contributed by atoms with Gasteiger partial charge in [0, 0.05) is 16.8 Å². The van der Waals surface area contributed by atoms with E-state index in [4.69, 9.17) is 20.8 Å². The lowest BCUT2D eigenvalue weighted by atomic mass is 10.3. The summed E-state index contributed by atoms with van der Waals surface area (Å²) >= 11 is 6.11. The van der Waals surface area contributed by atoms with Crippen LogP contribution in [0.2, 0.25) is 5.02 Å². The fraction of sp³-hybridized carbons (Fsp3) is 0.118. The maximum atomic E-state index is 6.11. The van der Waals surface area contributed by atoms with Gasteiger partial charge in [0.1, 0.15) is 11.6 Å². The van der Waals surface area contributed by atoms with Crippen LogP contribution in [0.5, 0.6) is 5.75 Å². The fourth-order valence-corrected chi connectivity index (χ4v) is 2.67. The zero-order chi connectivity index (χ0) is 17.4. The Morgan fingerprint density at radius 3 is 2.84 bits per heavy atom. The molecule has 25 heavy (non-hydrogen) atoms. The molecule has 0 fully saturated rings. The van der Waals surface area contributed by atoms with Crippen LogP contribution in [0.25, 0.3) is 17.4 Å². The number of hydrogen-bond acceptors (Lipinski definition) is 6. The normalized spacial score (nSPS) is 11.0. The maximum absolute atomic E-state index is 6.11. The number of methoxy groups -OCH3 is 1. The van der Waals surface area contributed by atoms with Crippen molar-refractivity contribution in [1.29, 1.82) is 0 Å². The van der Waals surface area contributed by atoms with Crippen molar-refractivity contribution in [3.05, 3.63) is 53.4 Å². The quantitative estimate of drug-likeness (QED) is 0.594. The number of benzene rings is 1. The highest BCUT2D eigenvalue weighted by molar-refractivity contribution is 6.31. The molecule has 3 aromatic heterocycles. The molecule has 7 nitrogen and oxygen atoms in total. The van der Waals surface area contributed by atoms with Crippen molar-refractivity contribution >= 4 is 28.9 Å². The topological polar surface area (TPSA) is 77.5 Å². The van der Waals surface area contributed by atoms with Gasteiger partial charge in [-0.3, -0.25) is 0 Å². The Bertz CT molecular complexity index is 1040. The van der Waals surface area contributed by atoms with E-state index in [-0.39, 0.29) is 0 Å². The Balaban J connectivity index is 1.83. The van der Waals surface area contributed by atoms with Crippen molar-refractivity contribution in [1.82, 2.24) is 19.6 Å². The molecule has 0 bridgehead atoms. The fourth-order valence-electron chi connectivity index (χ4n) is 2.50. The minimum absolute atomic E-state index is 0.462. The molecule has 1 N–H and O–H groups in total. The number of nitrogens with one attached hydrogen (secondary N) is 1. The maximum Gasteiger partial charge on any atom is 0.255 e. The van der Waals surface area contributed by atoms with Gasteiger partial charge in [-0.1, -0.05) is 11.6 Å². The van der Waals surface area contributed by atoms with Crippen LogP contribution in [0.3, 0.4) is 0 Å². The number of nitrogens with zero attached hydrogens (tertiary/aromatic N) is 4. The van der Waals surface area contributed by atoms with E-state index in [0.29, 0.717) is 34.0 Å². The van der Waals surface area contributed by atoms with Gasteiger partial charge in [-0.15, -0.1) is 5.10 Å². The molecule has 0 saturated carbocycles. The van der Waals surface area contributed by atoms with Gasteiger partial charge in [0.15, 0.2) is 5.76 Å². The van der Waals surface area contributed by atoms with E-state index in [9.17, 15) is 0 Å². The Labute approximate surface area is 148 Å². The predicted octanol–water partition coefficient (Wildman–Crippen LogP) is 4.10. The lowest BCUT2D eigenvalue weighted by Crippen LogP contribution is -2.03. The second-order valence-electron chi connectivity index (χ2n) is 5.38. The zero-order valence-electron chi connectivity index (χ0n) is 13.5. The molecule has 8 heteroatoms. The lowest BCUT2D eigenvalue weighted by molar-refractivity contribution is 0.417. The van der Waals surface area contributed by atoms with Gasteiger partial charge in [0.25, 0.3) is 5.78 Å². The third-order valence-corrected chi connectivity index (χ3v) is 3.84. The monoisotopic (exact) mass is 355 g/mol. The van der Waals surface area contributed by atoms with Gasteiger partial charge in [0.05, 0.1) is 19.1 Å². The first-order chi connectivity index (χ1) is 12.1. The molecule has 0 saturated heterocycles. The van der Waals surface area contributed by atoms with Gasteiger partial charge in [0.2, 0.25) is 5.82 Å². The van der Waals surface area contributed by atoms with Crippen LogP contribution in [0.4, 0.5) is 11.5 Å². The standard InChI is InChI=1S/C17H14ClN5O2/c1-10-8-15(20-12-9-11(18)5-6-13(12)24-2)23-17(19-10)21-16(22-23)14-4-3-7-25-14/h3-9,20H,1-2H3. The number of halogens is 1. The number of furan rings is 1. The summed E-state index contributed by atoms with van der Waals surface area (Å²) in [7, 11) is 1.60. The minimum Gasteiger partial charge on any atom is -0.495 e. The third-order valence-electron chi connectivity index (χ3n) is 3.61. The Hall–Kier alpha value is -3.06. The van der Waals surface area contributed by atoms with Gasteiger partial charge >= 0.3 is 0 Å². The summed E-state index contributed by atoms with van der Waals surface area (Å²) in [5.74, 6) is 2.86. The molecule has 0 aliphatic heterocycles. The number of rotatable bonds is 4. The Kier molecular flexibility index (Phi) is 3.77. The van der Waals surface area contributed by atoms with E-state index in [1.807, 2.05) is 13.0 Å². The molecule has 4 aromatic rings. The summed E-state index contributed by atoms with van der Waals surface area (Å²) in [5, 5.41) is 8.37. The summed E-state index contributed by atoms with van der Waals surface area (Å²) < 4.78 is 12.4. The molecule has 0 radical (unpaired) electrons. The van der Waals surface area contributed by atoms with Crippen molar-refractivity contribution in [3.8, 4) is 17.3 Å². The average molecular weight is 356 g/mol. The van der Waals surface area contributed by atoms with Gasteiger partial charge in [-0.2, -0.15) is 9.50 Å². The molecular weight excluding hydrogens is 342 g/mol. The first-order valence-electron chi connectivity index (χ1n) is 7.53. The first-order valence-corrected chi connectivity index (χ1v) is 7.91. The van der Waals surface area contributed by atoms with Gasteiger partial charge in [-0.25, -0.2) is 4.98 Å². The van der Waals surface area contributed by atoms with E-state index in [1.165, 1.54) is 0 Å². The van der Waals surface area contributed by atoms with Crippen molar-refractivity contribution in [2.45, 2.75) is 6.92 Å². The van der Waals surface area contributed by atoms with E-state index in [2.05, 4.69) is 20.4 Å². The minimum atomic E-state index is 0.462. The predicted molar refractivity (Wildman–Crippen MR) is 94.5 cm³/mol. The molecule has 0 aliphatic rings. The third kappa shape index (κ3) is 2.89. The number of aromatic nitrogens is 4. The van der Waals surface area contributed by atoms with Gasteiger partial charge < -0.3 is 14.5 Å². The number of anilines is 2. The van der Waals surface area contributed by atoms with E-state index in [1.54, 1.807) is 48.2 Å². The summed E-state index contributed by atoms with van der Waals surface area (Å²) in [6, 6.07) is 10.8. The van der Waals surface area contributed by atoms with Gasteiger partial charge in [-0.05, 0) is 37.3 Å². The average Bonchev–Trinajstić information content (AvgIpc) is 3.24. The van der Waals surface area contributed by atoms with E-state index >= 15 is 0 Å². The summed E-state index contributed by atoms with van der Waals surface area (Å²) in [4.78, 5) is 8.85. The Morgan fingerprint density at radius 2 is 2.08 bits per heavy atom. The molecule has 4 rings (SSSR count). The van der Waals surface area contributed by atoms with Crippen LogP contribution >= 0.6 is 11.6 Å². The molecule has 0 unspecified atom stereocenters. The van der Waals surface area contributed by atoms with Crippen LogP contribution in [0.15, 0.2) is 47.1 Å². The van der Waals surface area contributed by atoms with Crippen molar-refractivity contribution in [2.24, 2.45) is 0 Å². The van der Waals surface area contributed by atoms with E-state index in [0.717, 1.165) is 11.4 Å². The SMILES string of the molecule is COc1ccc(Cl)cc1Nc1cc(C)nc2nc(-c3ccco3)nn12. The van der Waals surface area contributed by atoms with Crippen LogP contribution in [0.1, 0.15) is 5.69 Å². The largest absolute Gasteiger partial charge is 0.495 e. The number of aryl methyl sites for hydroxylation is 1. The molecular formula is C17H14ClN5O2. The summed E-state index contributed by atoms with van der Waals surface area (Å²) in [5.41, 5.74) is 1.52. The molecule has 0 spiro atoms. The number of hydrogen-bond donors (Lipinski definition) is 1. The summed E-state index contributed by atoms with van der Waals surface area (Å²) in [6.45, 7) is 1.89. The van der Waals surface area contributed by atoms with Crippen LogP contribution < -0.4 is 10.1 Å². The highest BCUT2D eigenvalue weighted by atomic mass is 35.5. The zero-order valence-corrected chi connectivity index (χ0v) is 14.3. The van der Waals surface area contributed by atoms with Crippen molar-refractivity contribution in [2.75, 3.05) is 12.4 Å². The van der Waals surface area contributed by atoms with E-state index < -0.39 is 0 Å². The number of fused-ring (bicyclic) bond motifs is 1. The highest BCUT2D eigenvalue weighted by Gasteiger charge is 2.14. The molecule has 0 atom stereocenters. The molecule has 1 aromatic carbocycles. The van der Waals surface area contributed by atoms with Crippen molar-refractivity contribution < 1.29 is 9.15 Å². The highest BCUT2D eigenvalue weighted by Crippen LogP contribution is 2.31. The number of ether oxygens (including phenoxy) is 1. The first kappa shape index (κ1) is 15.5. The molecule has 3 heterocycles. The molecule has 0 aliphatic carbocycles. The second-order valence-corrected chi connectivity index (χ2v) is 5.81. The Morgan fingerprint density at radius 1 is 1.20 bits per heavy atom. The van der Waals surface area contributed by atoms with Crippen molar-refractivity contribution in [3.63, 3.8) is 0 Å². The van der Waals surface area contributed by atoms with Crippen LogP contribution in [-0.2, 0) is 0 Å². The van der Waals surface area contributed by atoms with Crippen LogP contribution in [-0.4, -0.2) is 26.7 Å². The lowest BCUT2D eigenvalue weighted by Gasteiger charge is -2.12. The molecule has 126 valence electrons. The van der Waals surface area contributed by atoms with Crippen LogP contribution in [0, 0.1) is 6.92 Å². The molecule has 0 amide bonds. The summed E-state index contributed by atoms with van der Waals surface area (Å²) in [6.07, 6.45) is 1.58. The smallest absolute Gasteiger partial charge is 0.255 e. The second kappa shape index (κ2) is 6.10.